The molecule has 2 aliphatic heterocycles. The lowest BCUT2D eigenvalue weighted by atomic mass is 9.97. The summed E-state index contributed by atoms with van der Waals surface area (Å²) in [6.07, 6.45) is 45.3. The maximum absolute atomic E-state index is 13.3. The summed E-state index contributed by atoms with van der Waals surface area (Å²) in [5, 5.41) is 87.2. The van der Waals surface area contributed by atoms with E-state index in [0.717, 1.165) is 70.6 Å². The maximum atomic E-state index is 13.3. The Bertz CT molecular complexity index is 1520. The molecule has 9 N–H and O–H groups in total. The van der Waals surface area contributed by atoms with Gasteiger partial charge in [0, 0.05) is 6.42 Å². The van der Waals surface area contributed by atoms with Crippen molar-refractivity contribution >= 4 is 5.91 Å². The number of amides is 1. The summed E-state index contributed by atoms with van der Waals surface area (Å²) in [6, 6.07) is -0.920. The van der Waals surface area contributed by atoms with Crippen LogP contribution in [0.15, 0.2) is 60.8 Å². The van der Waals surface area contributed by atoms with Gasteiger partial charge in [-0.1, -0.05) is 235 Å². The van der Waals surface area contributed by atoms with E-state index in [-0.39, 0.29) is 18.9 Å². The summed E-state index contributed by atoms with van der Waals surface area (Å²) in [4.78, 5) is 13.3. The minimum atomic E-state index is -1.79. The Morgan fingerprint density at radius 1 is 0.481 bits per heavy atom. The standard InChI is InChI=1S/C63H113NO13/c1-3-5-7-9-11-13-15-17-19-21-23-25-26-27-29-31-33-35-37-39-41-43-45-47-55(68)64-51(52(67)46-44-42-40-38-36-34-32-30-28-24-22-20-18-16-14-12-10-8-6-4-2)50-74-62-60(73)58(71)61(54(49-66)76-62)77-63-59(72)57(70)56(69)53(48-65)75-63/h5,7,11,13,17,19,23,25,44,46,51-54,56-63,65-67,69-73H,3-4,6,8-10,12,14-16,18,20-22,24,26-43,45,47-50H2,1-2H3,(H,64,68)/b7-5-,13-11-,19-17-,25-23-,46-44+. The summed E-state index contributed by atoms with van der Waals surface area (Å²) in [5.74, 6) is -0.244. The topological polar surface area (TPSA) is 228 Å². The molecule has 0 aromatic rings. The molecule has 14 heteroatoms. The van der Waals surface area contributed by atoms with Gasteiger partial charge in [-0.25, -0.2) is 0 Å². The van der Waals surface area contributed by atoms with Gasteiger partial charge in [0.1, 0.15) is 48.8 Å². The highest BCUT2D eigenvalue weighted by molar-refractivity contribution is 5.76. The molecule has 12 atom stereocenters. The van der Waals surface area contributed by atoms with Crippen molar-refractivity contribution in [3.63, 3.8) is 0 Å². The molecule has 0 bridgehead atoms. The molecule has 0 aromatic heterocycles. The average molecular weight is 1090 g/mol. The van der Waals surface area contributed by atoms with Crippen LogP contribution in [0.3, 0.4) is 0 Å². The normalized spacial score (nSPS) is 25.1. The van der Waals surface area contributed by atoms with Crippen LogP contribution in [0.2, 0.25) is 0 Å². The fraction of sp³-hybridized carbons (Fsp3) is 0.825. The molecule has 77 heavy (non-hydrogen) atoms. The van der Waals surface area contributed by atoms with Crippen molar-refractivity contribution in [3.05, 3.63) is 60.8 Å². The van der Waals surface area contributed by atoms with Crippen LogP contribution in [-0.4, -0.2) is 140 Å². The fourth-order valence-corrected chi connectivity index (χ4v) is 9.99. The second-order valence-corrected chi connectivity index (χ2v) is 21.8. The smallest absolute Gasteiger partial charge is 0.220 e. The molecule has 2 saturated heterocycles. The van der Waals surface area contributed by atoms with E-state index in [4.69, 9.17) is 18.9 Å². The number of rotatable bonds is 49. The Kier molecular flexibility index (Phi) is 44.5. The molecule has 2 heterocycles. The number of carbonyl (C=O) groups is 1. The first kappa shape index (κ1) is 70.8. The zero-order chi connectivity index (χ0) is 56.0. The summed E-state index contributed by atoms with van der Waals surface area (Å²) in [6.45, 7) is 2.70. The zero-order valence-electron chi connectivity index (χ0n) is 48.2. The number of allylic oxidation sites excluding steroid dienone is 9. The number of unbranched alkanes of at least 4 members (excludes halogenated alkanes) is 28. The van der Waals surface area contributed by atoms with Crippen LogP contribution in [0.4, 0.5) is 0 Å². The van der Waals surface area contributed by atoms with Gasteiger partial charge in [0.05, 0.1) is 32.0 Å². The Morgan fingerprint density at radius 2 is 0.896 bits per heavy atom. The van der Waals surface area contributed by atoms with E-state index in [1.807, 2.05) is 6.08 Å². The highest BCUT2D eigenvalue weighted by atomic mass is 16.7. The van der Waals surface area contributed by atoms with Gasteiger partial charge in [-0.2, -0.15) is 0 Å². The maximum Gasteiger partial charge on any atom is 0.220 e. The van der Waals surface area contributed by atoms with E-state index in [2.05, 4.69) is 67.8 Å². The molecule has 448 valence electrons. The summed E-state index contributed by atoms with van der Waals surface area (Å²) in [7, 11) is 0. The molecule has 0 aliphatic carbocycles. The highest BCUT2D eigenvalue weighted by Gasteiger charge is 2.51. The molecule has 1 amide bonds. The number of aliphatic hydroxyl groups is 8. The van der Waals surface area contributed by atoms with Crippen molar-refractivity contribution in [3.8, 4) is 0 Å². The van der Waals surface area contributed by atoms with Gasteiger partial charge >= 0.3 is 0 Å². The number of aliphatic hydroxyl groups excluding tert-OH is 8. The van der Waals surface area contributed by atoms with Gasteiger partial charge in [-0.05, 0) is 57.8 Å². The number of hydrogen-bond acceptors (Lipinski definition) is 13. The lowest BCUT2D eigenvalue weighted by molar-refractivity contribution is -0.359. The van der Waals surface area contributed by atoms with Crippen LogP contribution in [0.1, 0.15) is 239 Å². The molecular weight excluding hydrogens is 979 g/mol. The predicted molar refractivity (Wildman–Crippen MR) is 309 cm³/mol. The Balaban J connectivity index is 1.75. The van der Waals surface area contributed by atoms with Crippen LogP contribution >= 0.6 is 0 Å². The van der Waals surface area contributed by atoms with Crippen LogP contribution in [0, 0.1) is 0 Å². The predicted octanol–water partition coefficient (Wildman–Crippen LogP) is 10.9. The molecule has 0 aromatic carbocycles. The average Bonchev–Trinajstić information content (AvgIpc) is 3.44. The highest BCUT2D eigenvalue weighted by Crippen LogP contribution is 2.30. The zero-order valence-corrected chi connectivity index (χ0v) is 48.2. The minimum absolute atomic E-state index is 0.244. The number of carbonyl (C=O) groups excluding carboxylic acids is 1. The second-order valence-electron chi connectivity index (χ2n) is 21.8. The SMILES string of the molecule is CC/C=C\C/C=C\C/C=C\C/C=C\CCCCCCCCCCCCC(=O)NC(COC1OC(CO)C(OC2OC(CO)C(O)C(O)C2O)C(O)C1O)C(O)/C=C/CCCCCCCCCCCCCCCCCCCC. The number of ether oxygens (including phenoxy) is 4. The molecule has 2 fully saturated rings. The van der Waals surface area contributed by atoms with Crippen LogP contribution in [0.25, 0.3) is 0 Å². The van der Waals surface area contributed by atoms with Crippen molar-refractivity contribution in [1.82, 2.24) is 5.32 Å². The molecule has 12 unspecified atom stereocenters. The Morgan fingerprint density at radius 3 is 1.38 bits per heavy atom. The van der Waals surface area contributed by atoms with Crippen LogP contribution in [-0.2, 0) is 23.7 Å². The second kappa shape index (κ2) is 48.4. The monoisotopic (exact) mass is 1090 g/mol. The van der Waals surface area contributed by atoms with Gasteiger partial charge in [0.2, 0.25) is 5.91 Å². The third kappa shape index (κ3) is 33.9. The third-order valence-electron chi connectivity index (χ3n) is 15.0. The van der Waals surface area contributed by atoms with Gasteiger partial charge < -0.3 is 65.1 Å². The quantitative estimate of drug-likeness (QED) is 0.0204. The number of nitrogens with one attached hydrogen (secondary N) is 1. The van der Waals surface area contributed by atoms with Crippen molar-refractivity contribution in [2.75, 3.05) is 19.8 Å². The summed E-state index contributed by atoms with van der Waals surface area (Å²) >= 11 is 0. The molecular formula is C63H113NO13. The molecule has 2 aliphatic rings. The first-order valence-corrected chi connectivity index (χ1v) is 31.0. The third-order valence-corrected chi connectivity index (χ3v) is 15.0. The van der Waals surface area contributed by atoms with Crippen molar-refractivity contribution < 1.29 is 64.6 Å². The molecule has 2 rings (SSSR count). The molecule has 0 spiro atoms. The number of hydrogen-bond donors (Lipinski definition) is 9. The lowest BCUT2D eigenvalue weighted by Gasteiger charge is -2.46. The van der Waals surface area contributed by atoms with E-state index in [1.165, 1.54) is 141 Å². The lowest BCUT2D eigenvalue weighted by Crippen LogP contribution is -2.65. The van der Waals surface area contributed by atoms with Gasteiger partial charge in [-0.3, -0.25) is 4.79 Å². The van der Waals surface area contributed by atoms with Crippen LogP contribution in [0.5, 0.6) is 0 Å². The first-order valence-electron chi connectivity index (χ1n) is 31.0. The van der Waals surface area contributed by atoms with E-state index in [1.54, 1.807) is 6.08 Å². The van der Waals surface area contributed by atoms with Crippen molar-refractivity contribution in [1.29, 1.82) is 0 Å². The first-order chi connectivity index (χ1) is 37.6. The molecule has 0 radical (unpaired) electrons. The Hall–Kier alpha value is -2.31. The van der Waals surface area contributed by atoms with Crippen LogP contribution < -0.4 is 5.32 Å². The van der Waals surface area contributed by atoms with Crippen molar-refractivity contribution in [2.24, 2.45) is 0 Å². The van der Waals surface area contributed by atoms with Gasteiger partial charge in [0.15, 0.2) is 12.6 Å². The Labute approximate surface area is 466 Å². The summed E-state index contributed by atoms with van der Waals surface area (Å²) < 4.78 is 22.8. The fourth-order valence-electron chi connectivity index (χ4n) is 9.99. The molecule has 14 nitrogen and oxygen atoms in total. The largest absolute Gasteiger partial charge is 0.394 e. The van der Waals surface area contributed by atoms with E-state index in [9.17, 15) is 45.6 Å². The van der Waals surface area contributed by atoms with E-state index >= 15 is 0 Å². The van der Waals surface area contributed by atoms with Crippen molar-refractivity contribution in [2.45, 2.75) is 312 Å². The van der Waals surface area contributed by atoms with E-state index < -0.39 is 86.8 Å². The van der Waals surface area contributed by atoms with Gasteiger partial charge in [0.25, 0.3) is 0 Å². The molecule has 0 saturated carbocycles. The van der Waals surface area contributed by atoms with E-state index in [0.29, 0.717) is 6.42 Å². The van der Waals surface area contributed by atoms with Gasteiger partial charge in [-0.15, -0.1) is 0 Å². The minimum Gasteiger partial charge on any atom is -0.394 e. The summed E-state index contributed by atoms with van der Waals surface area (Å²) in [5.41, 5.74) is 0.